The van der Waals surface area contributed by atoms with Crippen LogP contribution < -0.4 is 14.2 Å². The summed E-state index contributed by atoms with van der Waals surface area (Å²) < 4.78 is 39.4. The first-order valence-electron chi connectivity index (χ1n) is 10.8. The first-order valence-corrected chi connectivity index (χ1v) is 12.7. The predicted octanol–water partition coefficient (Wildman–Crippen LogP) is 3.78. The fourth-order valence-electron chi connectivity index (χ4n) is 3.78. The van der Waals surface area contributed by atoms with Crippen LogP contribution in [0.3, 0.4) is 0 Å². The number of halogens is 1. The van der Waals surface area contributed by atoms with E-state index in [0.717, 1.165) is 24.0 Å². The number of hydrogen-bond donors (Lipinski definition) is 1. The van der Waals surface area contributed by atoms with Gasteiger partial charge in [0.15, 0.2) is 11.5 Å². The van der Waals surface area contributed by atoms with Gasteiger partial charge in [-0.25, -0.2) is 13.1 Å². The molecule has 2 aliphatic rings. The molecule has 1 fully saturated rings. The third-order valence-corrected chi connectivity index (χ3v) is 7.53. The highest BCUT2D eigenvalue weighted by atomic mass is 35.5. The van der Waals surface area contributed by atoms with E-state index in [9.17, 15) is 13.2 Å². The van der Waals surface area contributed by atoms with Crippen molar-refractivity contribution in [2.45, 2.75) is 50.6 Å². The van der Waals surface area contributed by atoms with Gasteiger partial charge in [-0.3, -0.25) is 4.79 Å². The number of sulfonamides is 1. The Morgan fingerprint density at radius 3 is 2.38 bits per heavy atom. The summed E-state index contributed by atoms with van der Waals surface area (Å²) in [5.74, 6) is 1.14. The molecule has 1 aliphatic heterocycles. The number of carbonyl (C=O) groups excluding carboxylic acids is 1. The van der Waals surface area contributed by atoms with Crippen LogP contribution in [0.2, 0.25) is 5.02 Å². The second-order valence-corrected chi connectivity index (χ2v) is 10.0. The molecule has 1 aliphatic carbocycles. The SMILES string of the molecule is CCOc1cc2c(cc1OCC)CN(C(=O)c1ccc(Cl)c(S(=O)(=O)NC3CC3)c1)CC2. The molecule has 1 amide bonds. The van der Waals surface area contributed by atoms with E-state index in [1.165, 1.54) is 12.1 Å². The van der Waals surface area contributed by atoms with Gasteiger partial charge in [-0.1, -0.05) is 11.6 Å². The van der Waals surface area contributed by atoms with E-state index in [-0.39, 0.29) is 21.9 Å². The first-order chi connectivity index (χ1) is 15.3. The van der Waals surface area contributed by atoms with E-state index >= 15 is 0 Å². The molecule has 0 aromatic heterocycles. The third-order valence-electron chi connectivity index (χ3n) is 5.53. The lowest BCUT2D eigenvalue weighted by Gasteiger charge is -2.30. The molecule has 0 radical (unpaired) electrons. The summed E-state index contributed by atoms with van der Waals surface area (Å²) >= 11 is 6.16. The molecule has 0 atom stereocenters. The van der Waals surface area contributed by atoms with Gasteiger partial charge < -0.3 is 14.4 Å². The largest absolute Gasteiger partial charge is 0.490 e. The molecule has 4 rings (SSSR count). The van der Waals surface area contributed by atoms with Crippen LogP contribution in [0.15, 0.2) is 35.2 Å². The second kappa shape index (κ2) is 9.29. The normalized spacial score (nSPS) is 15.9. The van der Waals surface area contributed by atoms with Gasteiger partial charge in [0.25, 0.3) is 5.91 Å². The molecule has 0 spiro atoms. The summed E-state index contributed by atoms with van der Waals surface area (Å²) in [6, 6.07) is 8.28. The number of hydrogen-bond acceptors (Lipinski definition) is 5. The minimum absolute atomic E-state index is 0.0462. The van der Waals surface area contributed by atoms with Crippen molar-refractivity contribution in [1.29, 1.82) is 0 Å². The molecule has 0 bridgehead atoms. The average Bonchev–Trinajstić information content (AvgIpc) is 3.57. The van der Waals surface area contributed by atoms with Gasteiger partial charge in [0.05, 0.1) is 18.2 Å². The Kier molecular flexibility index (Phi) is 6.65. The zero-order valence-corrected chi connectivity index (χ0v) is 19.8. The molecule has 0 saturated heterocycles. The maximum Gasteiger partial charge on any atom is 0.254 e. The molecule has 2 aromatic rings. The van der Waals surface area contributed by atoms with Gasteiger partial charge in [0, 0.05) is 24.7 Å². The Balaban J connectivity index is 1.58. The zero-order valence-electron chi connectivity index (χ0n) is 18.2. The first kappa shape index (κ1) is 22.9. The number of rotatable bonds is 8. The van der Waals surface area contributed by atoms with Crippen LogP contribution in [-0.4, -0.2) is 45.0 Å². The lowest BCUT2D eigenvalue weighted by Crippen LogP contribution is -2.36. The molecular weight excluding hydrogens is 452 g/mol. The van der Waals surface area contributed by atoms with Crippen LogP contribution >= 0.6 is 11.6 Å². The van der Waals surface area contributed by atoms with E-state index in [4.69, 9.17) is 21.1 Å². The number of benzene rings is 2. The van der Waals surface area contributed by atoms with Crippen molar-refractivity contribution in [2.24, 2.45) is 0 Å². The summed E-state index contributed by atoms with van der Waals surface area (Å²) in [4.78, 5) is 14.9. The summed E-state index contributed by atoms with van der Waals surface area (Å²) in [6.07, 6.45) is 2.31. The minimum atomic E-state index is -3.77. The average molecular weight is 479 g/mol. The molecule has 1 saturated carbocycles. The van der Waals surface area contributed by atoms with Gasteiger partial charge in [0.2, 0.25) is 10.0 Å². The molecule has 32 heavy (non-hydrogen) atoms. The topological polar surface area (TPSA) is 84.9 Å². The van der Waals surface area contributed by atoms with Crippen LogP contribution in [0, 0.1) is 0 Å². The number of fused-ring (bicyclic) bond motifs is 1. The van der Waals surface area contributed by atoms with E-state index < -0.39 is 10.0 Å². The van der Waals surface area contributed by atoms with Gasteiger partial charge in [-0.05, 0) is 74.6 Å². The Hall–Kier alpha value is -2.29. The van der Waals surface area contributed by atoms with Crippen molar-refractivity contribution in [2.75, 3.05) is 19.8 Å². The van der Waals surface area contributed by atoms with Crippen LogP contribution in [0.5, 0.6) is 11.5 Å². The van der Waals surface area contributed by atoms with Crippen LogP contribution in [0.25, 0.3) is 0 Å². The van der Waals surface area contributed by atoms with Crippen molar-refractivity contribution in [3.05, 3.63) is 52.0 Å². The lowest BCUT2D eigenvalue weighted by molar-refractivity contribution is 0.0734. The predicted molar refractivity (Wildman–Crippen MR) is 122 cm³/mol. The van der Waals surface area contributed by atoms with Crippen LogP contribution in [-0.2, 0) is 23.0 Å². The number of carbonyl (C=O) groups is 1. The highest BCUT2D eigenvalue weighted by molar-refractivity contribution is 7.89. The monoisotopic (exact) mass is 478 g/mol. The molecule has 1 heterocycles. The van der Waals surface area contributed by atoms with Crippen molar-refractivity contribution in [1.82, 2.24) is 9.62 Å². The van der Waals surface area contributed by atoms with Crippen LogP contribution in [0.1, 0.15) is 48.2 Å². The standard InChI is InChI=1S/C23H27ClN2O5S/c1-3-30-20-11-15-9-10-26(14-17(15)12-21(20)31-4-2)23(27)16-5-8-19(24)22(13-16)32(28,29)25-18-6-7-18/h5,8,11-13,18,25H,3-4,6-7,9-10,14H2,1-2H3. The van der Waals surface area contributed by atoms with Gasteiger partial charge in [-0.2, -0.15) is 0 Å². The fourth-order valence-corrected chi connectivity index (χ4v) is 5.61. The van der Waals surface area contributed by atoms with Gasteiger partial charge >= 0.3 is 0 Å². The number of nitrogens with zero attached hydrogens (tertiary/aromatic N) is 1. The maximum absolute atomic E-state index is 13.2. The van der Waals surface area contributed by atoms with Crippen molar-refractivity contribution < 1.29 is 22.7 Å². The summed E-state index contributed by atoms with van der Waals surface area (Å²) in [5.41, 5.74) is 2.41. The molecule has 172 valence electrons. The molecular formula is C23H27ClN2O5S. The third kappa shape index (κ3) is 4.87. The number of ether oxygens (including phenoxy) is 2. The molecule has 7 nitrogen and oxygen atoms in total. The maximum atomic E-state index is 13.2. The fraction of sp³-hybridized carbons (Fsp3) is 0.435. The van der Waals surface area contributed by atoms with Crippen molar-refractivity contribution in [3.63, 3.8) is 0 Å². The van der Waals surface area contributed by atoms with Gasteiger partial charge in [0.1, 0.15) is 4.90 Å². The van der Waals surface area contributed by atoms with E-state index in [0.29, 0.717) is 49.8 Å². The highest BCUT2D eigenvalue weighted by Crippen LogP contribution is 2.34. The number of amides is 1. The zero-order chi connectivity index (χ0) is 22.9. The quantitative estimate of drug-likeness (QED) is 0.624. The smallest absolute Gasteiger partial charge is 0.254 e. The Bertz CT molecular complexity index is 1130. The number of nitrogens with one attached hydrogen (secondary N) is 1. The van der Waals surface area contributed by atoms with E-state index in [1.54, 1.807) is 11.0 Å². The van der Waals surface area contributed by atoms with E-state index in [2.05, 4.69) is 4.72 Å². The summed E-state index contributed by atoms with van der Waals surface area (Å²) in [5, 5.41) is 0.100. The molecule has 0 unspecified atom stereocenters. The highest BCUT2D eigenvalue weighted by Gasteiger charge is 2.30. The molecule has 2 aromatic carbocycles. The molecule has 1 N–H and O–H groups in total. The van der Waals surface area contributed by atoms with Crippen LogP contribution in [0.4, 0.5) is 0 Å². The second-order valence-electron chi connectivity index (χ2n) is 7.95. The Labute approximate surface area is 193 Å². The van der Waals surface area contributed by atoms with Gasteiger partial charge in [-0.15, -0.1) is 0 Å². The summed E-state index contributed by atoms with van der Waals surface area (Å²) in [7, 11) is -3.77. The Morgan fingerprint density at radius 2 is 1.75 bits per heavy atom. The minimum Gasteiger partial charge on any atom is -0.490 e. The molecule has 9 heteroatoms. The lowest BCUT2D eigenvalue weighted by atomic mass is 9.98. The Morgan fingerprint density at radius 1 is 1.09 bits per heavy atom. The van der Waals surface area contributed by atoms with Crippen molar-refractivity contribution >= 4 is 27.5 Å². The van der Waals surface area contributed by atoms with E-state index in [1.807, 2.05) is 26.0 Å². The van der Waals surface area contributed by atoms with Crippen molar-refractivity contribution in [3.8, 4) is 11.5 Å². The summed E-state index contributed by atoms with van der Waals surface area (Å²) in [6.45, 7) is 5.83.